The van der Waals surface area contributed by atoms with Gasteiger partial charge in [-0.05, 0) is 72.3 Å². The first-order valence-corrected chi connectivity index (χ1v) is 6.50. The van der Waals surface area contributed by atoms with Crippen LogP contribution in [-0.2, 0) is 0 Å². The van der Waals surface area contributed by atoms with Crippen LogP contribution in [0.15, 0.2) is 30.3 Å². The average molecular weight is 350 g/mol. The second-order valence-corrected chi connectivity index (χ2v) is 5.17. The van der Waals surface area contributed by atoms with E-state index in [0.29, 0.717) is 17.2 Å². The molecule has 2 aromatic rings. The van der Waals surface area contributed by atoms with Crippen LogP contribution in [0.25, 0.3) is 0 Å². The Morgan fingerprint density at radius 3 is 2.50 bits per heavy atom. The number of halogens is 1. The molecule has 0 saturated carbocycles. The lowest BCUT2D eigenvalue weighted by atomic mass is 10.1. The van der Waals surface area contributed by atoms with Crippen LogP contribution < -0.4 is 4.74 Å². The van der Waals surface area contributed by atoms with Gasteiger partial charge in [0, 0.05) is 9.26 Å². The minimum Gasteiger partial charge on any atom is -0.438 e. The first kappa shape index (κ1) is 12.8. The molecule has 0 radical (unpaired) electrons. The lowest BCUT2D eigenvalue weighted by Crippen LogP contribution is -1.96. The predicted octanol–water partition coefficient (Wildman–Crippen LogP) is 3.97. The fourth-order valence-corrected chi connectivity index (χ4v) is 1.99. The first-order chi connectivity index (χ1) is 8.60. The lowest BCUT2D eigenvalue weighted by Gasteiger charge is -2.09. The summed E-state index contributed by atoms with van der Waals surface area (Å²) in [5, 5.41) is 9.14. The second-order valence-electron chi connectivity index (χ2n) is 3.93. The van der Waals surface area contributed by atoms with E-state index in [1.54, 1.807) is 0 Å². The van der Waals surface area contributed by atoms with Crippen molar-refractivity contribution >= 4 is 22.6 Å². The van der Waals surface area contributed by atoms with Crippen LogP contribution in [0, 0.1) is 28.7 Å². The molecular weight excluding hydrogens is 339 g/mol. The van der Waals surface area contributed by atoms with Crippen molar-refractivity contribution in [2.45, 2.75) is 13.8 Å². The fraction of sp³-hybridized carbons (Fsp3) is 0.143. The van der Waals surface area contributed by atoms with Gasteiger partial charge < -0.3 is 4.74 Å². The van der Waals surface area contributed by atoms with Crippen molar-refractivity contribution in [2.75, 3.05) is 0 Å². The van der Waals surface area contributed by atoms with Gasteiger partial charge in [-0.2, -0.15) is 5.26 Å². The molecule has 0 N–H and O–H groups in total. The molecule has 4 heteroatoms. The van der Waals surface area contributed by atoms with Gasteiger partial charge in [0.1, 0.15) is 17.4 Å². The summed E-state index contributed by atoms with van der Waals surface area (Å²) in [6, 6.07) is 11.6. The van der Waals surface area contributed by atoms with E-state index < -0.39 is 0 Å². The minimum absolute atomic E-state index is 0.371. The Morgan fingerprint density at radius 1 is 1.22 bits per heavy atom. The number of aromatic nitrogens is 1. The molecule has 0 spiro atoms. The topological polar surface area (TPSA) is 45.9 Å². The quantitative estimate of drug-likeness (QED) is 0.770. The van der Waals surface area contributed by atoms with Crippen molar-refractivity contribution in [3.63, 3.8) is 0 Å². The summed E-state index contributed by atoms with van der Waals surface area (Å²) in [4.78, 5) is 4.28. The molecule has 1 aromatic carbocycles. The minimum atomic E-state index is 0.371. The number of aryl methyl sites for hydroxylation is 2. The molecule has 90 valence electrons. The van der Waals surface area contributed by atoms with Crippen molar-refractivity contribution in [2.24, 2.45) is 0 Å². The Morgan fingerprint density at radius 2 is 1.89 bits per heavy atom. The highest BCUT2D eigenvalue weighted by molar-refractivity contribution is 14.1. The number of ether oxygens (including phenoxy) is 1. The Labute approximate surface area is 120 Å². The van der Waals surface area contributed by atoms with E-state index in [-0.39, 0.29) is 0 Å². The maximum Gasteiger partial charge on any atom is 0.237 e. The zero-order valence-corrected chi connectivity index (χ0v) is 12.2. The molecule has 18 heavy (non-hydrogen) atoms. The standard InChI is InChI=1S/C14H11IN2O/c1-9-7-10(2)17-14(13(9)8-16)18-12-5-3-11(15)4-6-12/h3-7H,1-2H3. The van der Waals surface area contributed by atoms with Crippen LogP contribution in [0.3, 0.4) is 0 Å². The molecule has 0 aliphatic heterocycles. The summed E-state index contributed by atoms with van der Waals surface area (Å²) in [5.41, 5.74) is 2.21. The molecule has 0 atom stereocenters. The van der Waals surface area contributed by atoms with Crippen LogP contribution >= 0.6 is 22.6 Å². The smallest absolute Gasteiger partial charge is 0.237 e. The van der Waals surface area contributed by atoms with Gasteiger partial charge in [-0.3, -0.25) is 0 Å². The third kappa shape index (κ3) is 2.79. The second kappa shape index (κ2) is 5.36. The Balaban J connectivity index is 2.40. The van der Waals surface area contributed by atoms with Crippen LogP contribution in [0.5, 0.6) is 11.6 Å². The average Bonchev–Trinajstić information content (AvgIpc) is 2.32. The van der Waals surface area contributed by atoms with E-state index in [4.69, 9.17) is 10.00 Å². The molecule has 0 aliphatic rings. The Hall–Kier alpha value is -1.61. The number of benzene rings is 1. The van der Waals surface area contributed by atoms with Crippen LogP contribution in [-0.4, -0.2) is 4.98 Å². The first-order valence-electron chi connectivity index (χ1n) is 5.42. The Kier molecular flexibility index (Phi) is 3.82. The normalized spacial score (nSPS) is 9.89. The van der Waals surface area contributed by atoms with Gasteiger partial charge >= 0.3 is 0 Å². The molecule has 0 saturated heterocycles. The van der Waals surface area contributed by atoms with E-state index in [2.05, 4.69) is 33.6 Å². The monoisotopic (exact) mass is 350 g/mol. The van der Waals surface area contributed by atoms with Gasteiger partial charge in [-0.1, -0.05) is 0 Å². The van der Waals surface area contributed by atoms with Crippen molar-refractivity contribution in [3.8, 4) is 17.7 Å². The van der Waals surface area contributed by atoms with Crippen molar-refractivity contribution < 1.29 is 4.74 Å². The number of nitriles is 1. The molecule has 0 unspecified atom stereocenters. The third-order valence-electron chi connectivity index (χ3n) is 2.45. The van der Waals surface area contributed by atoms with Crippen LogP contribution in [0.1, 0.15) is 16.8 Å². The summed E-state index contributed by atoms with van der Waals surface area (Å²) < 4.78 is 6.81. The number of hydrogen-bond acceptors (Lipinski definition) is 3. The van der Waals surface area contributed by atoms with Crippen molar-refractivity contribution in [3.05, 3.63) is 50.7 Å². The summed E-state index contributed by atoms with van der Waals surface area (Å²) in [7, 11) is 0. The Bertz CT molecular complexity index is 615. The van der Waals surface area contributed by atoms with Gasteiger partial charge in [0.25, 0.3) is 0 Å². The molecule has 0 bridgehead atoms. The van der Waals surface area contributed by atoms with Crippen molar-refractivity contribution in [1.82, 2.24) is 4.98 Å². The summed E-state index contributed by atoms with van der Waals surface area (Å²) >= 11 is 2.23. The maximum atomic E-state index is 9.14. The number of pyridine rings is 1. The summed E-state index contributed by atoms with van der Waals surface area (Å²) in [6.07, 6.45) is 0. The van der Waals surface area contributed by atoms with Gasteiger partial charge in [0.15, 0.2) is 0 Å². The zero-order valence-electron chi connectivity index (χ0n) is 10.1. The van der Waals surface area contributed by atoms with Crippen LogP contribution in [0.4, 0.5) is 0 Å². The predicted molar refractivity (Wildman–Crippen MR) is 77.7 cm³/mol. The largest absolute Gasteiger partial charge is 0.438 e. The van der Waals surface area contributed by atoms with Gasteiger partial charge in [0.2, 0.25) is 5.88 Å². The number of nitrogens with zero attached hydrogens (tertiary/aromatic N) is 2. The van der Waals surface area contributed by atoms with E-state index in [1.165, 1.54) is 0 Å². The van der Waals surface area contributed by atoms with Gasteiger partial charge in [-0.25, -0.2) is 4.98 Å². The highest BCUT2D eigenvalue weighted by atomic mass is 127. The van der Waals surface area contributed by atoms with E-state index in [0.717, 1.165) is 14.8 Å². The molecular formula is C14H11IN2O. The third-order valence-corrected chi connectivity index (χ3v) is 3.17. The van der Waals surface area contributed by atoms with Crippen LogP contribution in [0.2, 0.25) is 0 Å². The highest BCUT2D eigenvalue weighted by Gasteiger charge is 2.10. The number of hydrogen-bond donors (Lipinski definition) is 0. The molecule has 3 nitrogen and oxygen atoms in total. The molecule has 0 amide bonds. The highest BCUT2D eigenvalue weighted by Crippen LogP contribution is 2.26. The molecule has 0 fully saturated rings. The summed E-state index contributed by atoms with van der Waals surface area (Å²) in [6.45, 7) is 3.77. The SMILES string of the molecule is Cc1cc(C)c(C#N)c(Oc2ccc(I)cc2)n1. The van der Waals surface area contributed by atoms with E-state index in [1.807, 2.05) is 44.2 Å². The lowest BCUT2D eigenvalue weighted by molar-refractivity contribution is 0.459. The zero-order chi connectivity index (χ0) is 13.1. The maximum absolute atomic E-state index is 9.14. The molecule has 1 aromatic heterocycles. The number of rotatable bonds is 2. The molecule has 1 heterocycles. The van der Waals surface area contributed by atoms with E-state index >= 15 is 0 Å². The van der Waals surface area contributed by atoms with Crippen molar-refractivity contribution in [1.29, 1.82) is 5.26 Å². The van der Waals surface area contributed by atoms with Gasteiger partial charge in [-0.15, -0.1) is 0 Å². The summed E-state index contributed by atoms with van der Waals surface area (Å²) in [5.74, 6) is 1.06. The van der Waals surface area contributed by atoms with Gasteiger partial charge in [0.05, 0.1) is 0 Å². The molecule has 0 aliphatic carbocycles. The fourth-order valence-electron chi connectivity index (χ4n) is 1.63. The molecule has 2 rings (SSSR count). The van der Waals surface area contributed by atoms with E-state index in [9.17, 15) is 0 Å².